The number of aliphatic carboxylic acids is 1. The summed E-state index contributed by atoms with van der Waals surface area (Å²) in [5, 5.41) is 19.1. The smallest absolute Gasteiger partial charge is 0.377 e. The maximum absolute atomic E-state index is 13.3. The molecule has 0 bridgehead atoms. The maximum atomic E-state index is 13.3. The van der Waals surface area contributed by atoms with Crippen molar-refractivity contribution in [1.29, 1.82) is 0 Å². The van der Waals surface area contributed by atoms with Crippen molar-refractivity contribution in [2.45, 2.75) is 12.0 Å². The highest BCUT2D eigenvalue weighted by Crippen LogP contribution is 2.35. The fourth-order valence-corrected chi connectivity index (χ4v) is 1.80. The number of hydrogen-bond acceptors (Lipinski definition) is 2. The molecule has 0 aliphatic carbocycles. The Morgan fingerprint density at radius 2 is 1.72 bits per heavy atom. The van der Waals surface area contributed by atoms with Gasteiger partial charge in [-0.25, -0.2) is 4.79 Å². The summed E-state index contributed by atoms with van der Waals surface area (Å²) in [4.78, 5) is 10.5. The highest BCUT2D eigenvalue weighted by Gasteiger charge is 2.48. The van der Waals surface area contributed by atoms with Crippen LogP contribution in [0.25, 0.3) is 10.8 Å². The first-order chi connectivity index (χ1) is 8.44. The second-order valence-corrected chi connectivity index (χ2v) is 3.90. The minimum Gasteiger partial charge on any atom is -0.477 e. The molecule has 5 heteroatoms. The highest BCUT2D eigenvalue weighted by atomic mass is 19.3. The van der Waals surface area contributed by atoms with Crippen LogP contribution in [0.5, 0.6) is 0 Å². The van der Waals surface area contributed by atoms with Crippen molar-refractivity contribution in [2.75, 3.05) is 0 Å². The van der Waals surface area contributed by atoms with E-state index in [-0.39, 0.29) is 5.56 Å². The third-order valence-corrected chi connectivity index (χ3v) is 2.75. The monoisotopic (exact) mass is 252 g/mol. The SMILES string of the molecule is O=C(O)C(F)(F)C(O)c1cccc2ccccc12. The molecule has 0 amide bonds. The number of hydrogen-bond donors (Lipinski definition) is 2. The molecule has 0 saturated carbocycles. The highest BCUT2D eigenvalue weighted by molar-refractivity contribution is 5.87. The van der Waals surface area contributed by atoms with Gasteiger partial charge in [-0.2, -0.15) is 8.78 Å². The zero-order valence-corrected chi connectivity index (χ0v) is 9.18. The van der Waals surface area contributed by atoms with Crippen LogP contribution in [0.1, 0.15) is 11.7 Å². The summed E-state index contributed by atoms with van der Waals surface area (Å²) in [6.45, 7) is 0. The number of halogens is 2. The van der Waals surface area contributed by atoms with Gasteiger partial charge >= 0.3 is 11.9 Å². The minimum absolute atomic E-state index is 0.0968. The lowest BCUT2D eigenvalue weighted by molar-refractivity contribution is -0.182. The molecular formula is C13H10F2O3. The molecule has 2 rings (SSSR count). The fraction of sp³-hybridized carbons (Fsp3) is 0.154. The van der Waals surface area contributed by atoms with Crippen LogP contribution in [0.4, 0.5) is 8.78 Å². The number of carboxylic acid groups (broad SMARTS) is 1. The summed E-state index contributed by atoms with van der Waals surface area (Å²) >= 11 is 0. The van der Waals surface area contributed by atoms with Gasteiger partial charge < -0.3 is 10.2 Å². The lowest BCUT2D eigenvalue weighted by atomic mass is 9.97. The van der Waals surface area contributed by atoms with Crippen molar-refractivity contribution < 1.29 is 23.8 Å². The lowest BCUT2D eigenvalue weighted by Gasteiger charge is -2.20. The molecule has 1 unspecified atom stereocenters. The van der Waals surface area contributed by atoms with Gasteiger partial charge in [0.25, 0.3) is 0 Å². The Bertz CT molecular complexity index is 590. The van der Waals surface area contributed by atoms with Gasteiger partial charge in [0.15, 0.2) is 6.10 Å². The topological polar surface area (TPSA) is 57.5 Å². The van der Waals surface area contributed by atoms with Crippen molar-refractivity contribution in [1.82, 2.24) is 0 Å². The van der Waals surface area contributed by atoms with E-state index in [0.717, 1.165) is 0 Å². The van der Waals surface area contributed by atoms with Crippen LogP contribution in [0.15, 0.2) is 42.5 Å². The van der Waals surface area contributed by atoms with Crippen LogP contribution in [0.3, 0.4) is 0 Å². The molecular weight excluding hydrogens is 242 g/mol. The summed E-state index contributed by atoms with van der Waals surface area (Å²) in [5.41, 5.74) is -0.0968. The number of carbonyl (C=O) groups is 1. The van der Waals surface area contributed by atoms with Crippen molar-refractivity contribution in [3.8, 4) is 0 Å². The van der Waals surface area contributed by atoms with E-state index >= 15 is 0 Å². The summed E-state index contributed by atoms with van der Waals surface area (Å²) in [6, 6.07) is 11.1. The molecule has 1 atom stereocenters. The second-order valence-electron chi connectivity index (χ2n) is 3.90. The molecule has 0 aliphatic rings. The standard InChI is InChI=1S/C13H10F2O3/c14-13(15,12(17)18)11(16)10-7-3-5-8-4-1-2-6-9(8)10/h1-7,11,16H,(H,17,18). The number of benzene rings is 2. The van der Waals surface area contributed by atoms with E-state index in [2.05, 4.69) is 0 Å². The Hall–Kier alpha value is -2.01. The van der Waals surface area contributed by atoms with E-state index in [4.69, 9.17) is 5.11 Å². The maximum Gasteiger partial charge on any atom is 0.377 e. The summed E-state index contributed by atoms with van der Waals surface area (Å²) in [7, 11) is 0. The molecule has 0 aromatic heterocycles. The zero-order chi connectivity index (χ0) is 13.3. The predicted octanol–water partition coefficient (Wildman–Crippen LogP) is 2.59. The zero-order valence-electron chi connectivity index (χ0n) is 9.18. The molecule has 94 valence electrons. The normalized spacial score (nSPS) is 13.5. The van der Waals surface area contributed by atoms with Crippen LogP contribution in [0.2, 0.25) is 0 Å². The number of aliphatic hydroxyl groups excluding tert-OH is 1. The van der Waals surface area contributed by atoms with Gasteiger partial charge in [-0.05, 0) is 16.3 Å². The van der Waals surface area contributed by atoms with Gasteiger partial charge in [-0.1, -0.05) is 42.5 Å². The lowest BCUT2D eigenvalue weighted by Crippen LogP contribution is -2.35. The number of aliphatic hydroxyl groups is 1. The number of rotatable bonds is 3. The first-order valence-corrected chi connectivity index (χ1v) is 5.21. The first-order valence-electron chi connectivity index (χ1n) is 5.21. The fourth-order valence-electron chi connectivity index (χ4n) is 1.80. The van der Waals surface area contributed by atoms with Gasteiger partial charge in [0.1, 0.15) is 0 Å². The Morgan fingerprint density at radius 1 is 1.11 bits per heavy atom. The van der Waals surface area contributed by atoms with E-state index in [1.165, 1.54) is 12.1 Å². The number of fused-ring (bicyclic) bond motifs is 1. The van der Waals surface area contributed by atoms with E-state index in [0.29, 0.717) is 10.8 Å². The molecule has 0 fully saturated rings. The van der Waals surface area contributed by atoms with E-state index in [1.54, 1.807) is 30.3 Å². The third kappa shape index (κ3) is 1.93. The Balaban J connectivity index is 2.58. The van der Waals surface area contributed by atoms with Crippen LogP contribution in [-0.4, -0.2) is 22.1 Å². The van der Waals surface area contributed by atoms with Crippen LogP contribution in [-0.2, 0) is 4.79 Å². The molecule has 0 heterocycles. The number of alkyl halides is 2. The first kappa shape index (κ1) is 12.4. The van der Waals surface area contributed by atoms with Gasteiger partial charge in [0.05, 0.1) is 0 Å². The van der Waals surface area contributed by atoms with Crippen LogP contribution in [0, 0.1) is 0 Å². The van der Waals surface area contributed by atoms with Crippen molar-refractivity contribution in [2.24, 2.45) is 0 Å². The molecule has 2 aromatic carbocycles. The third-order valence-electron chi connectivity index (χ3n) is 2.75. The number of carboxylic acids is 1. The van der Waals surface area contributed by atoms with Crippen molar-refractivity contribution >= 4 is 16.7 Å². The second kappa shape index (κ2) is 4.34. The molecule has 0 spiro atoms. The average molecular weight is 252 g/mol. The molecule has 3 nitrogen and oxygen atoms in total. The van der Waals surface area contributed by atoms with Crippen LogP contribution >= 0.6 is 0 Å². The quantitative estimate of drug-likeness (QED) is 0.882. The van der Waals surface area contributed by atoms with E-state index in [1.807, 2.05) is 0 Å². The van der Waals surface area contributed by atoms with E-state index < -0.39 is 18.0 Å². The predicted molar refractivity (Wildman–Crippen MR) is 61.5 cm³/mol. The van der Waals surface area contributed by atoms with Crippen LogP contribution < -0.4 is 0 Å². The minimum atomic E-state index is -4.22. The molecule has 2 aromatic rings. The molecule has 0 aliphatic heterocycles. The average Bonchev–Trinajstić information content (AvgIpc) is 2.37. The molecule has 18 heavy (non-hydrogen) atoms. The Kier molecular flexibility index (Phi) is 3.00. The summed E-state index contributed by atoms with van der Waals surface area (Å²) in [6.07, 6.45) is -2.37. The largest absolute Gasteiger partial charge is 0.477 e. The Labute approximate surface area is 101 Å². The van der Waals surface area contributed by atoms with E-state index in [9.17, 15) is 18.7 Å². The Morgan fingerprint density at radius 3 is 2.39 bits per heavy atom. The molecule has 2 N–H and O–H groups in total. The molecule has 0 saturated heterocycles. The van der Waals surface area contributed by atoms with Crippen molar-refractivity contribution in [3.63, 3.8) is 0 Å². The summed E-state index contributed by atoms with van der Waals surface area (Å²) in [5.74, 6) is -6.56. The van der Waals surface area contributed by atoms with Gasteiger partial charge in [0, 0.05) is 0 Å². The van der Waals surface area contributed by atoms with Crippen molar-refractivity contribution in [3.05, 3.63) is 48.0 Å². The molecule has 0 radical (unpaired) electrons. The van der Waals surface area contributed by atoms with Gasteiger partial charge in [-0.15, -0.1) is 0 Å². The van der Waals surface area contributed by atoms with Gasteiger partial charge in [-0.3, -0.25) is 0 Å². The van der Waals surface area contributed by atoms with Gasteiger partial charge in [0.2, 0.25) is 0 Å². The summed E-state index contributed by atoms with van der Waals surface area (Å²) < 4.78 is 26.6.